The number of piperazine rings is 1. The molecule has 1 aromatic heterocycles. The number of nitriles is 1. The summed E-state index contributed by atoms with van der Waals surface area (Å²) in [6, 6.07) is 9.43. The lowest BCUT2D eigenvalue weighted by atomic mass is 10.1. The monoisotopic (exact) mass is 424 g/mol. The number of nitrogens with zero attached hydrogens (tertiary/aromatic N) is 3. The van der Waals surface area contributed by atoms with E-state index in [4.69, 9.17) is 0 Å². The van der Waals surface area contributed by atoms with Gasteiger partial charge < -0.3 is 15.3 Å². The Labute approximate surface area is 181 Å². The number of hydrogen-bond donors (Lipinski definition) is 2. The molecule has 2 aliphatic rings. The maximum Gasteiger partial charge on any atom is 0.242 e. The van der Waals surface area contributed by atoms with Gasteiger partial charge in [0.1, 0.15) is 16.8 Å². The lowest BCUT2D eigenvalue weighted by Crippen LogP contribution is -2.52. The number of aromatic hydroxyl groups is 1. The van der Waals surface area contributed by atoms with E-state index in [1.54, 1.807) is 17.4 Å². The van der Waals surface area contributed by atoms with Crippen molar-refractivity contribution in [3.63, 3.8) is 0 Å². The molecule has 158 valence electrons. The van der Waals surface area contributed by atoms with Gasteiger partial charge in [0.05, 0.1) is 17.3 Å². The molecular formula is C23H28N4O2S. The van der Waals surface area contributed by atoms with Crippen LogP contribution in [0.5, 0.6) is 5.75 Å². The lowest BCUT2D eigenvalue weighted by Gasteiger charge is -2.38. The molecule has 0 saturated carbocycles. The van der Waals surface area contributed by atoms with Crippen LogP contribution in [0.15, 0.2) is 24.3 Å². The fourth-order valence-electron chi connectivity index (χ4n) is 4.41. The zero-order chi connectivity index (χ0) is 21.1. The Morgan fingerprint density at radius 1 is 1.17 bits per heavy atom. The number of para-hydroxylation sites is 2. The zero-order valence-corrected chi connectivity index (χ0v) is 18.2. The fraction of sp³-hybridized carbons (Fsp3) is 0.478. The van der Waals surface area contributed by atoms with Gasteiger partial charge in [-0.3, -0.25) is 9.69 Å². The topological polar surface area (TPSA) is 79.6 Å². The van der Waals surface area contributed by atoms with Gasteiger partial charge in [-0.1, -0.05) is 18.6 Å². The van der Waals surface area contributed by atoms with E-state index in [0.717, 1.165) is 63.1 Å². The molecule has 0 bridgehead atoms. The molecule has 1 amide bonds. The van der Waals surface area contributed by atoms with Crippen LogP contribution in [-0.2, 0) is 17.6 Å². The number of phenolic OH excluding ortho intramolecular Hbond substituents is 1. The van der Waals surface area contributed by atoms with Crippen LogP contribution in [-0.4, -0.2) is 48.1 Å². The van der Waals surface area contributed by atoms with Gasteiger partial charge in [0.15, 0.2) is 0 Å². The number of amides is 1. The van der Waals surface area contributed by atoms with Crippen molar-refractivity contribution < 1.29 is 9.90 Å². The molecule has 1 atom stereocenters. The Hall–Kier alpha value is -2.56. The summed E-state index contributed by atoms with van der Waals surface area (Å²) in [6.45, 7) is 4.93. The number of carbonyl (C=O) groups is 1. The number of thiophene rings is 1. The van der Waals surface area contributed by atoms with E-state index in [1.165, 1.54) is 11.3 Å². The van der Waals surface area contributed by atoms with Gasteiger partial charge in [0.2, 0.25) is 5.91 Å². The molecule has 2 heterocycles. The fourth-order valence-corrected chi connectivity index (χ4v) is 5.66. The van der Waals surface area contributed by atoms with Gasteiger partial charge in [-0.25, -0.2) is 0 Å². The molecule has 2 N–H and O–H groups in total. The van der Waals surface area contributed by atoms with Crippen LogP contribution in [0.3, 0.4) is 0 Å². The summed E-state index contributed by atoms with van der Waals surface area (Å²) >= 11 is 1.58. The number of benzene rings is 1. The normalized spacial score (nSPS) is 18.2. The lowest BCUT2D eigenvalue weighted by molar-refractivity contribution is -0.120. The summed E-state index contributed by atoms with van der Waals surface area (Å²) < 4.78 is 0. The quantitative estimate of drug-likeness (QED) is 0.731. The van der Waals surface area contributed by atoms with Gasteiger partial charge in [0.25, 0.3) is 0 Å². The Kier molecular flexibility index (Phi) is 6.26. The van der Waals surface area contributed by atoms with Crippen molar-refractivity contribution in [2.24, 2.45) is 0 Å². The van der Waals surface area contributed by atoms with E-state index >= 15 is 0 Å². The first-order chi connectivity index (χ1) is 14.6. The zero-order valence-electron chi connectivity index (χ0n) is 17.4. The minimum absolute atomic E-state index is 0.0566. The highest BCUT2D eigenvalue weighted by Gasteiger charge is 2.28. The Bertz CT molecular complexity index is 957. The van der Waals surface area contributed by atoms with Crippen LogP contribution >= 0.6 is 11.3 Å². The number of hydrogen-bond acceptors (Lipinski definition) is 6. The van der Waals surface area contributed by atoms with Crippen LogP contribution in [0.4, 0.5) is 10.7 Å². The number of fused-ring (bicyclic) bond motifs is 1. The van der Waals surface area contributed by atoms with Crippen LogP contribution in [0.2, 0.25) is 0 Å². The second-order valence-corrected chi connectivity index (χ2v) is 9.16. The molecule has 30 heavy (non-hydrogen) atoms. The average Bonchev–Trinajstić information content (AvgIpc) is 2.92. The number of nitrogens with one attached hydrogen (secondary N) is 1. The summed E-state index contributed by atoms with van der Waals surface area (Å²) in [5.41, 5.74) is 2.66. The first-order valence-electron chi connectivity index (χ1n) is 10.7. The average molecular weight is 425 g/mol. The second kappa shape index (κ2) is 9.07. The minimum Gasteiger partial charge on any atom is -0.506 e. The summed E-state index contributed by atoms with van der Waals surface area (Å²) in [5.74, 6) is 0.233. The van der Waals surface area contributed by atoms with Crippen LogP contribution in [0.25, 0.3) is 0 Å². The highest BCUT2D eigenvalue weighted by atomic mass is 32.1. The molecule has 1 aliphatic carbocycles. The second-order valence-electron chi connectivity index (χ2n) is 8.06. The first kappa shape index (κ1) is 20.7. The third kappa shape index (κ3) is 4.16. The third-order valence-corrected chi connectivity index (χ3v) is 7.44. The van der Waals surface area contributed by atoms with E-state index in [9.17, 15) is 15.2 Å². The smallest absolute Gasteiger partial charge is 0.242 e. The summed E-state index contributed by atoms with van der Waals surface area (Å²) in [6.07, 6.45) is 5.42. The van der Waals surface area contributed by atoms with Gasteiger partial charge in [-0.15, -0.1) is 11.3 Å². The Morgan fingerprint density at radius 3 is 2.63 bits per heavy atom. The third-order valence-electron chi connectivity index (χ3n) is 6.23. The number of rotatable bonds is 4. The predicted octanol–water partition coefficient (Wildman–Crippen LogP) is 3.74. The molecule has 2 aromatic rings. The molecule has 1 aliphatic heterocycles. The van der Waals surface area contributed by atoms with Crippen molar-refractivity contribution in [1.29, 1.82) is 5.26 Å². The van der Waals surface area contributed by atoms with Crippen molar-refractivity contribution in [3.8, 4) is 11.8 Å². The molecule has 1 fully saturated rings. The van der Waals surface area contributed by atoms with E-state index in [2.05, 4.69) is 21.2 Å². The van der Waals surface area contributed by atoms with Crippen molar-refractivity contribution in [2.75, 3.05) is 36.4 Å². The molecule has 7 heteroatoms. The molecule has 1 saturated heterocycles. The Balaban J connectivity index is 1.39. The summed E-state index contributed by atoms with van der Waals surface area (Å²) in [5, 5.41) is 23.5. The number of carbonyl (C=O) groups excluding carboxylic acids is 1. The molecule has 0 radical (unpaired) electrons. The van der Waals surface area contributed by atoms with Gasteiger partial charge in [-0.05, 0) is 50.3 Å². The van der Waals surface area contributed by atoms with Crippen LogP contribution < -0.4 is 10.2 Å². The van der Waals surface area contributed by atoms with E-state index in [-0.39, 0.29) is 11.9 Å². The SMILES string of the molecule is C[C@H](C(=O)Nc1sc2c(c1C#N)CCCCC2)N1CCN(c2ccccc2O)CC1. The molecule has 0 unspecified atom stereocenters. The predicted molar refractivity (Wildman–Crippen MR) is 120 cm³/mol. The van der Waals surface area contributed by atoms with Crippen molar-refractivity contribution in [3.05, 3.63) is 40.3 Å². The first-order valence-corrected chi connectivity index (χ1v) is 11.5. The molecule has 1 aromatic carbocycles. The molecule has 6 nitrogen and oxygen atoms in total. The van der Waals surface area contributed by atoms with Crippen molar-refractivity contribution >= 4 is 27.9 Å². The van der Waals surface area contributed by atoms with E-state index in [1.807, 2.05) is 25.1 Å². The highest BCUT2D eigenvalue weighted by molar-refractivity contribution is 7.16. The maximum absolute atomic E-state index is 13.0. The highest BCUT2D eigenvalue weighted by Crippen LogP contribution is 2.37. The summed E-state index contributed by atoms with van der Waals surface area (Å²) in [7, 11) is 0. The standard InChI is InChI=1S/C23H28N4O2S/c1-16(26-11-13-27(14-12-26)19-8-5-6-9-20(19)28)22(29)25-23-18(15-24)17-7-3-2-4-10-21(17)30-23/h5-6,8-9,16,28H,2-4,7,10-14H2,1H3,(H,25,29)/t16-/m1/s1. The minimum atomic E-state index is -0.273. The molecular weight excluding hydrogens is 396 g/mol. The van der Waals surface area contributed by atoms with Crippen LogP contribution in [0.1, 0.15) is 42.2 Å². The number of anilines is 2. The van der Waals surface area contributed by atoms with Crippen LogP contribution in [0, 0.1) is 11.3 Å². The molecule has 0 spiro atoms. The Morgan fingerprint density at radius 2 is 1.90 bits per heavy atom. The molecule has 4 rings (SSSR count). The number of phenols is 1. The van der Waals surface area contributed by atoms with Gasteiger partial charge in [0, 0.05) is 31.1 Å². The van der Waals surface area contributed by atoms with Crippen molar-refractivity contribution in [2.45, 2.75) is 45.1 Å². The van der Waals surface area contributed by atoms with Crippen molar-refractivity contribution in [1.82, 2.24) is 4.90 Å². The van der Waals surface area contributed by atoms with E-state index < -0.39 is 0 Å². The van der Waals surface area contributed by atoms with E-state index in [0.29, 0.717) is 16.3 Å². The van der Waals surface area contributed by atoms with Gasteiger partial charge in [-0.2, -0.15) is 5.26 Å². The largest absolute Gasteiger partial charge is 0.506 e. The summed E-state index contributed by atoms with van der Waals surface area (Å²) in [4.78, 5) is 18.5. The van der Waals surface area contributed by atoms with Gasteiger partial charge >= 0.3 is 0 Å². The maximum atomic E-state index is 13.0. The number of aryl methyl sites for hydroxylation is 1.